The van der Waals surface area contributed by atoms with Gasteiger partial charge in [0.1, 0.15) is 10.6 Å². The number of unbranched alkanes of at least 4 members (excludes halogenated alkanes) is 1. The summed E-state index contributed by atoms with van der Waals surface area (Å²) in [6.45, 7) is 8.41. The van der Waals surface area contributed by atoms with E-state index in [1.165, 1.54) is 19.3 Å². The molecule has 20 heavy (non-hydrogen) atoms. The normalized spacial score (nSPS) is 11.2. The topological polar surface area (TPSA) is 49.8 Å². The fourth-order valence-electron chi connectivity index (χ4n) is 2.11. The minimum absolute atomic E-state index is 0.715. The summed E-state index contributed by atoms with van der Waals surface area (Å²) in [6.07, 6.45) is 3.74. The van der Waals surface area contributed by atoms with Crippen molar-refractivity contribution in [3.8, 4) is 0 Å². The zero-order valence-corrected chi connectivity index (χ0v) is 13.4. The van der Waals surface area contributed by atoms with Crippen LogP contribution < -0.4 is 10.6 Å². The second kappa shape index (κ2) is 7.43. The van der Waals surface area contributed by atoms with Crippen LogP contribution in [0.3, 0.4) is 0 Å². The van der Waals surface area contributed by atoms with Gasteiger partial charge >= 0.3 is 0 Å². The van der Waals surface area contributed by atoms with Crippen molar-refractivity contribution in [2.45, 2.75) is 40.0 Å². The third-order valence-electron chi connectivity index (χ3n) is 3.16. The molecule has 0 radical (unpaired) electrons. The Bertz CT molecular complexity index is 536. The molecule has 0 fully saturated rings. The molecule has 110 valence electrons. The van der Waals surface area contributed by atoms with Gasteiger partial charge in [-0.2, -0.15) is 4.98 Å². The van der Waals surface area contributed by atoms with Gasteiger partial charge in [0.05, 0.1) is 5.39 Å². The quantitative estimate of drug-likeness (QED) is 0.710. The van der Waals surface area contributed by atoms with Gasteiger partial charge in [-0.25, -0.2) is 4.98 Å². The molecule has 0 aliphatic rings. The molecular formula is C15H24N4S. The van der Waals surface area contributed by atoms with Crippen molar-refractivity contribution in [3.05, 3.63) is 11.4 Å². The molecule has 0 unspecified atom stereocenters. The smallest absolute Gasteiger partial charge is 0.226 e. The van der Waals surface area contributed by atoms with E-state index in [-0.39, 0.29) is 0 Å². The lowest BCUT2D eigenvalue weighted by Gasteiger charge is -2.09. The summed E-state index contributed by atoms with van der Waals surface area (Å²) < 4.78 is 0. The summed E-state index contributed by atoms with van der Waals surface area (Å²) in [5, 5.41) is 9.85. The Morgan fingerprint density at radius 1 is 1.20 bits per heavy atom. The number of thiophene rings is 1. The molecule has 0 saturated heterocycles. The minimum Gasteiger partial charge on any atom is -0.369 e. The maximum Gasteiger partial charge on any atom is 0.226 e. The van der Waals surface area contributed by atoms with E-state index in [0.717, 1.165) is 35.0 Å². The molecule has 2 aromatic heterocycles. The first-order valence-electron chi connectivity index (χ1n) is 7.43. The highest BCUT2D eigenvalue weighted by molar-refractivity contribution is 7.16. The number of hydrogen-bond acceptors (Lipinski definition) is 5. The van der Waals surface area contributed by atoms with Crippen molar-refractivity contribution in [2.24, 2.45) is 5.92 Å². The second-order valence-corrected chi connectivity index (χ2v) is 6.28. The van der Waals surface area contributed by atoms with Crippen LogP contribution in [0.5, 0.6) is 0 Å². The maximum atomic E-state index is 4.57. The monoisotopic (exact) mass is 292 g/mol. The average Bonchev–Trinajstić information content (AvgIpc) is 2.86. The zero-order chi connectivity index (χ0) is 14.4. The Hall–Kier alpha value is -1.36. The van der Waals surface area contributed by atoms with Crippen LogP contribution in [0, 0.1) is 5.92 Å². The lowest BCUT2D eigenvalue weighted by molar-refractivity contribution is 0.544. The number of rotatable bonds is 8. The van der Waals surface area contributed by atoms with Gasteiger partial charge in [0, 0.05) is 13.1 Å². The summed E-state index contributed by atoms with van der Waals surface area (Å²) in [5.74, 6) is 2.46. The van der Waals surface area contributed by atoms with Crippen molar-refractivity contribution in [3.63, 3.8) is 0 Å². The van der Waals surface area contributed by atoms with Gasteiger partial charge in [0.2, 0.25) is 5.95 Å². The molecule has 0 aliphatic carbocycles. The third-order valence-corrected chi connectivity index (χ3v) is 3.97. The molecule has 0 atom stereocenters. The first-order chi connectivity index (χ1) is 9.70. The molecule has 5 heteroatoms. The summed E-state index contributed by atoms with van der Waals surface area (Å²) in [4.78, 5) is 10.1. The Morgan fingerprint density at radius 2 is 2.05 bits per heavy atom. The number of nitrogens with one attached hydrogen (secondary N) is 2. The van der Waals surface area contributed by atoms with E-state index in [1.54, 1.807) is 11.3 Å². The van der Waals surface area contributed by atoms with E-state index in [4.69, 9.17) is 0 Å². The molecule has 0 amide bonds. The number of fused-ring (bicyclic) bond motifs is 1. The summed E-state index contributed by atoms with van der Waals surface area (Å²) in [7, 11) is 0. The van der Waals surface area contributed by atoms with Gasteiger partial charge in [-0.3, -0.25) is 0 Å². The fourth-order valence-corrected chi connectivity index (χ4v) is 2.88. The van der Waals surface area contributed by atoms with Crippen molar-refractivity contribution >= 4 is 33.3 Å². The Morgan fingerprint density at radius 3 is 2.80 bits per heavy atom. The van der Waals surface area contributed by atoms with Crippen LogP contribution in [-0.2, 0) is 0 Å². The van der Waals surface area contributed by atoms with Crippen LogP contribution in [-0.4, -0.2) is 23.1 Å². The molecule has 4 nitrogen and oxygen atoms in total. The van der Waals surface area contributed by atoms with Crippen LogP contribution in [0.4, 0.5) is 11.8 Å². The highest BCUT2D eigenvalue weighted by Crippen LogP contribution is 2.26. The molecule has 2 N–H and O–H groups in total. The molecule has 0 aromatic carbocycles. The summed E-state index contributed by atoms with van der Waals surface area (Å²) in [5.41, 5.74) is 0. The van der Waals surface area contributed by atoms with E-state index in [1.807, 2.05) is 0 Å². The van der Waals surface area contributed by atoms with Crippen molar-refractivity contribution < 1.29 is 0 Å². The van der Waals surface area contributed by atoms with Gasteiger partial charge in [0.25, 0.3) is 0 Å². The van der Waals surface area contributed by atoms with Crippen LogP contribution in [0.2, 0.25) is 0 Å². The van der Waals surface area contributed by atoms with E-state index in [9.17, 15) is 0 Å². The van der Waals surface area contributed by atoms with Crippen LogP contribution in [0.25, 0.3) is 10.2 Å². The SMILES string of the molecule is CCNc1nc(NCCCCC(C)C)c2ccsc2n1. The molecule has 0 spiro atoms. The predicted molar refractivity (Wildman–Crippen MR) is 88.8 cm³/mol. The zero-order valence-electron chi connectivity index (χ0n) is 12.6. The van der Waals surface area contributed by atoms with E-state index >= 15 is 0 Å². The second-order valence-electron chi connectivity index (χ2n) is 5.38. The van der Waals surface area contributed by atoms with Crippen molar-refractivity contribution in [1.29, 1.82) is 0 Å². The molecule has 0 bridgehead atoms. The maximum absolute atomic E-state index is 4.57. The average molecular weight is 292 g/mol. The Balaban J connectivity index is 1.98. The first-order valence-corrected chi connectivity index (χ1v) is 8.31. The van der Waals surface area contributed by atoms with Crippen LogP contribution in [0.1, 0.15) is 40.0 Å². The van der Waals surface area contributed by atoms with E-state index in [0.29, 0.717) is 5.95 Å². The molecule has 0 aliphatic heterocycles. The van der Waals surface area contributed by atoms with E-state index in [2.05, 4.69) is 52.8 Å². The molecule has 2 heterocycles. The number of hydrogen-bond donors (Lipinski definition) is 2. The van der Waals surface area contributed by atoms with Crippen LogP contribution in [0.15, 0.2) is 11.4 Å². The number of nitrogens with zero attached hydrogens (tertiary/aromatic N) is 2. The van der Waals surface area contributed by atoms with Gasteiger partial charge in [-0.1, -0.05) is 26.7 Å². The number of anilines is 2. The van der Waals surface area contributed by atoms with Crippen LogP contribution >= 0.6 is 11.3 Å². The predicted octanol–water partition coefficient (Wildman–Crippen LogP) is 4.36. The van der Waals surface area contributed by atoms with E-state index < -0.39 is 0 Å². The number of aromatic nitrogens is 2. The highest BCUT2D eigenvalue weighted by atomic mass is 32.1. The lowest BCUT2D eigenvalue weighted by atomic mass is 10.1. The lowest BCUT2D eigenvalue weighted by Crippen LogP contribution is -2.08. The standard InChI is InChI=1S/C15H24N4S/c1-4-16-15-18-13(12-8-10-20-14(12)19-15)17-9-6-5-7-11(2)3/h8,10-11H,4-7,9H2,1-3H3,(H2,16,17,18,19). The highest BCUT2D eigenvalue weighted by Gasteiger charge is 2.08. The van der Waals surface area contributed by atoms with Crippen molar-refractivity contribution in [2.75, 3.05) is 23.7 Å². The summed E-state index contributed by atoms with van der Waals surface area (Å²) >= 11 is 1.66. The molecule has 2 rings (SSSR count). The first kappa shape index (κ1) is 15.0. The van der Waals surface area contributed by atoms with Crippen molar-refractivity contribution in [1.82, 2.24) is 9.97 Å². The summed E-state index contributed by atoms with van der Waals surface area (Å²) in [6, 6.07) is 2.09. The Labute approximate surface area is 125 Å². The van der Waals surface area contributed by atoms with Gasteiger partial charge < -0.3 is 10.6 Å². The van der Waals surface area contributed by atoms with Gasteiger partial charge in [-0.05, 0) is 30.7 Å². The van der Waals surface area contributed by atoms with Gasteiger partial charge in [0.15, 0.2) is 0 Å². The largest absolute Gasteiger partial charge is 0.369 e. The Kier molecular flexibility index (Phi) is 5.59. The molecule has 0 saturated carbocycles. The minimum atomic E-state index is 0.715. The fraction of sp³-hybridized carbons (Fsp3) is 0.600. The third kappa shape index (κ3) is 4.07. The molecule has 2 aromatic rings. The molecular weight excluding hydrogens is 268 g/mol. The van der Waals surface area contributed by atoms with Gasteiger partial charge in [-0.15, -0.1) is 11.3 Å².